The quantitative estimate of drug-likeness (QED) is 0.545. The molecule has 84 valence electrons. The third-order valence-electron chi connectivity index (χ3n) is 1.96. The summed E-state index contributed by atoms with van der Waals surface area (Å²) < 4.78 is 0. The molecule has 0 aromatic rings. The Kier molecular flexibility index (Phi) is 25.8. The predicted molar refractivity (Wildman–Crippen MR) is 66.2 cm³/mol. The van der Waals surface area contributed by atoms with E-state index >= 15 is 0 Å². The highest BCUT2D eigenvalue weighted by Crippen LogP contribution is 2.17. The van der Waals surface area contributed by atoms with Crippen molar-refractivity contribution in [3.8, 4) is 0 Å². The van der Waals surface area contributed by atoms with Crippen LogP contribution in [-0.2, 0) is 0 Å². The normalized spacial score (nSPS) is 8.77. The van der Waals surface area contributed by atoms with E-state index in [1.807, 2.05) is 27.7 Å². The molecular weight excluding hydrogens is 156 g/mol. The topological polar surface area (TPSA) is 0 Å². The van der Waals surface area contributed by atoms with Crippen LogP contribution in [0.1, 0.15) is 74.7 Å². The van der Waals surface area contributed by atoms with E-state index in [1.54, 1.807) is 0 Å². The summed E-state index contributed by atoms with van der Waals surface area (Å²) in [7, 11) is 0. The van der Waals surface area contributed by atoms with Crippen LogP contribution in [0.15, 0.2) is 0 Å². The van der Waals surface area contributed by atoms with Crippen LogP contribution in [-0.4, -0.2) is 0 Å². The van der Waals surface area contributed by atoms with Crippen LogP contribution in [0.2, 0.25) is 0 Å². The third-order valence-corrected chi connectivity index (χ3v) is 1.96. The maximum Gasteiger partial charge on any atom is -0.0417 e. The van der Waals surface area contributed by atoms with Gasteiger partial charge in [-0.2, -0.15) is 0 Å². The molecule has 0 aliphatic carbocycles. The molecule has 0 aromatic carbocycles. The summed E-state index contributed by atoms with van der Waals surface area (Å²) in [6.07, 6.45) is 4.12. The summed E-state index contributed by atoms with van der Waals surface area (Å²) in [5.41, 5.74) is 0. The van der Waals surface area contributed by atoms with Crippen molar-refractivity contribution in [3.05, 3.63) is 0 Å². The third kappa shape index (κ3) is 18.8. The molecule has 0 nitrogen and oxygen atoms in total. The van der Waals surface area contributed by atoms with Crippen molar-refractivity contribution in [2.45, 2.75) is 74.7 Å². The molecule has 0 atom stereocenters. The predicted octanol–water partition coefficient (Wildman–Crippen LogP) is 5.52. The highest BCUT2D eigenvalue weighted by molar-refractivity contribution is 4.56. The number of hydrogen-bond donors (Lipinski definition) is 0. The molecule has 0 saturated heterocycles. The number of hydrogen-bond acceptors (Lipinski definition) is 0. The van der Waals surface area contributed by atoms with Crippen molar-refractivity contribution in [2.24, 2.45) is 11.8 Å². The van der Waals surface area contributed by atoms with E-state index in [9.17, 15) is 0 Å². The van der Waals surface area contributed by atoms with Gasteiger partial charge in [-0.25, -0.2) is 0 Å². The lowest BCUT2D eigenvalue weighted by atomic mass is 9.93. The molecule has 0 amide bonds. The minimum Gasteiger partial charge on any atom is -0.0683 e. The van der Waals surface area contributed by atoms with Crippen LogP contribution in [0, 0.1) is 11.8 Å². The van der Waals surface area contributed by atoms with Crippen molar-refractivity contribution < 1.29 is 0 Å². The van der Waals surface area contributed by atoms with E-state index in [0.29, 0.717) is 0 Å². The molecule has 0 saturated carbocycles. The first-order chi connectivity index (χ1) is 6.20. The van der Waals surface area contributed by atoms with Gasteiger partial charge in [-0.1, -0.05) is 68.2 Å². The van der Waals surface area contributed by atoms with Crippen LogP contribution < -0.4 is 0 Å². The second kappa shape index (κ2) is 17.9. The van der Waals surface area contributed by atoms with Gasteiger partial charge in [0.15, 0.2) is 0 Å². The lowest BCUT2D eigenvalue weighted by molar-refractivity contribution is 0.388. The molecule has 0 N–H and O–H groups in total. The summed E-state index contributed by atoms with van der Waals surface area (Å²) in [4.78, 5) is 0. The summed E-state index contributed by atoms with van der Waals surface area (Å²) >= 11 is 0. The Morgan fingerprint density at radius 1 is 0.769 bits per heavy atom. The zero-order chi connectivity index (χ0) is 11.3. The molecule has 0 spiro atoms. The molecule has 0 rings (SSSR count). The van der Waals surface area contributed by atoms with Gasteiger partial charge in [0.25, 0.3) is 0 Å². The van der Waals surface area contributed by atoms with E-state index in [-0.39, 0.29) is 0 Å². The molecule has 0 bridgehead atoms. The molecule has 0 aromatic heterocycles. The monoisotopic (exact) mass is 188 g/mol. The molecule has 0 heterocycles. The van der Waals surface area contributed by atoms with Gasteiger partial charge in [-0.15, -0.1) is 0 Å². The van der Waals surface area contributed by atoms with E-state index in [0.717, 1.165) is 11.8 Å². The first kappa shape index (κ1) is 18.7. The van der Waals surface area contributed by atoms with Gasteiger partial charge < -0.3 is 0 Å². The van der Waals surface area contributed by atoms with Crippen molar-refractivity contribution in [1.82, 2.24) is 0 Å². The number of rotatable bonds is 4. The first-order valence-electron chi connectivity index (χ1n) is 6.20. The molecular formula is C13H32. The Balaban J connectivity index is -0.000000218. The Hall–Kier alpha value is 0. The van der Waals surface area contributed by atoms with E-state index < -0.39 is 0 Å². The van der Waals surface area contributed by atoms with Crippen molar-refractivity contribution >= 4 is 0 Å². The zero-order valence-electron chi connectivity index (χ0n) is 11.3. The van der Waals surface area contributed by atoms with Gasteiger partial charge in [0.05, 0.1) is 0 Å². The minimum atomic E-state index is 0.884. The Bertz CT molecular complexity index is 51.1. The fourth-order valence-corrected chi connectivity index (χ4v) is 1.29. The summed E-state index contributed by atoms with van der Waals surface area (Å²) in [5.74, 6) is 1.86. The average Bonchev–Trinajstić information content (AvgIpc) is 2.20. The summed E-state index contributed by atoms with van der Waals surface area (Å²) in [5, 5.41) is 0. The van der Waals surface area contributed by atoms with E-state index in [2.05, 4.69) is 27.7 Å². The van der Waals surface area contributed by atoms with E-state index in [4.69, 9.17) is 0 Å². The fraction of sp³-hybridized carbons (Fsp3) is 1.00. The molecule has 0 radical (unpaired) electrons. The Labute approximate surface area is 87.1 Å². The van der Waals surface area contributed by atoms with Gasteiger partial charge in [-0.3, -0.25) is 0 Å². The van der Waals surface area contributed by atoms with Crippen LogP contribution in [0.4, 0.5) is 0 Å². The van der Waals surface area contributed by atoms with Crippen LogP contribution in [0.3, 0.4) is 0 Å². The molecule has 0 heteroatoms. The van der Waals surface area contributed by atoms with Gasteiger partial charge in [-0.05, 0) is 18.3 Å². The average molecular weight is 188 g/mol. The van der Waals surface area contributed by atoms with Crippen molar-refractivity contribution in [3.63, 3.8) is 0 Å². The maximum atomic E-state index is 2.30. The van der Waals surface area contributed by atoms with Gasteiger partial charge in [0.1, 0.15) is 0 Å². The van der Waals surface area contributed by atoms with Gasteiger partial charge >= 0.3 is 0 Å². The van der Waals surface area contributed by atoms with Crippen LogP contribution in [0.5, 0.6) is 0 Å². The first-order valence-corrected chi connectivity index (χ1v) is 6.20. The molecule has 0 unspecified atom stereocenters. The largest absolute Gasteiger partial charge is 0.0683 e. The summed E-state index contributed by atoms with van der Waals surface area (Å²) in [6, 6.07) is 0. The van der Waals surface area contributed by atoms with Crippen molar-refractivity contribution in [2.75, 3.05) is 0 Å². The van der Waals surface area contributed by atoms with Crippen LogP contribution in [0.25, 0.3) is 0 Å². The molecule has 0 aliphatic rings. The minimum absolute atomic E-state index is 0.884. The molecule has 0 aliphatic heterocycles. The highest BCUT2D eigenvalue weighted by atomic mass is 14.1. The zero-order valence-corrected chi connectivity index (χ0v) is 11.3. The highest BCUT2D eigenvalue weighted by Gasteiger charge is 2.04. The summed E-state index contributed by atoms with van der Waals surface area (Å²) in [6.45, 7) is 17.2. The van der Waals surface area contributed by atoms with Gasteiger partial charge in [0.2, 0.25) is 0 Å². The molecule has 13 heavy (non-hydrogen) atoms. The standard InChI is InChI=1S/C9H20.2C2H6/c1-5-9(6-2)7-8(3)4;2*1-2/h8-9H,5-7H2,1-4H3;2*1-2H3. The SMILES string of the molecule is CC.CC.CCC(CC)CC(C)C. The van der Waals surface area contributed by atoms with Crippen molar-refractivity contribution in [1.29, 1.82) is 0 Å². The second-order valence-electron chi connectivity index (χ2n) is 3.31. The second-order valence-corrected chi connectivity index (χ2v) is 3.31. The fourth-order valence-electron chi connectivity index (χ4n) is 1.29. The lowest BCUT2D eigenvalue weighted by Crippen LogP contribution is -2.00. The Morgan fingerprint density at radius 2 is 1.08 bits per heavy atom. The van der Waals surface area contributed by atoms with Crippen LogP contribution >= 0.6 is 0 Å². The maximum absolute atomic E-state index is 2.30. The van der Waals surface area contributed by atoms with E-state index in [1.165, 1.54) is 19.3 Å². The van der Waals surface area contributed by atoms with Gasteiger partial charge in [0, 0.05) is 0 Å². The smallest absolute Gasteiger partial charge is 0.0417 e. The Morgan fingerprint density at radius 3 is 1.15 bits per heavy atom. The lowest BCUT2D eigenvalue weighted by Gasteiger charge is -2.13. The molecule has 0 fully saturated rings.